The molecule has 0 heterocycles. The van der Waals surface area contributed by atoms with Gasteiger partial charge in [0.2, 0.25) is 0 Å². The van der Waals surface area contributed by atoms with Crippen LogP contribution in [0.25, 0.3) is 0 Å². The van der Waals surface area contributed by atoms with Crippen molar-refractivity contribution in [3.63, 3.8) is 0 Å². The van der Waals surface area contributed by atoms with Gasteiger partial charge in [-0.05, 0) is 59.7 Å². The predicted octanol–water partition coefficient (Wildman–Crippen LogP) is 8.78. The molecule has 2 nitrogen and oxygen atoms in total. The minimum atomic E-state index is -2.16. The molecule has 34 heavy (non-hydrogen) atoms. The highest BCUT2D eigenvalue weighted by atomic mass is 35.5. The van der Waals surface area contributed by atoms with E-state index in [1.54, 1.807) is 72.8 Å². The van der Waals surface area contributed by atoms with E-state index in [1.165, 1.54) is 12.1 Å². The number of benzene rings is 4. The molecule has 8 heteroatoms. The summed E-state index contributed by atoms with van der Waals surface area (Å²) in [4.78, 5) is 0. The summed E-state index contributed by atoms with van der Waals surface area (Å²) in [6.45, 7) is 0. The third kappa shape index (κ3) is 4.43. The van der Waals surface area contributed by atoms with Crippen LogP contribution >= 0.6 is 69.6 Å². The molecule has 0 aromatic heterocycles. The van der Waals surface area contributed by atoms with Gasteiger partial charge >= 0.3 is 0 Å². The Morgan fingerprint density at radius 1 is 0.412 bits per heavy atom. The van der Waals surface area contributed by atoms with Crippen LogP contribution in [-0.4, -0.2) is 10.2 Å². The molecule has 4 aromatic carbocycles. The summed E-state index contributed by atoms with van der Waals surface area (Å²) in [6.07, 6.45) is 0. The van der Waals surface area contributed by atoms with Crippen LogP contribution in [0.5, 0.6) is 0 Å². The molecule has 0 fully saturated rings. The number of hydrogen-bond acceptors (Lipinski definition) is 2. The third-order valence-corrected chi connectivity index (χ3v) is 7.29. The summed E-state index contributed by atoms with van der Waals surface area (Å²) in [5, 5.41) is 27.2. The van der Waals surface area contributed by atoms with Crippen LogP contribution in [0.3, 0.4) is 0 Å². The molecule has 2 N–H and O–H groups in total. The summed E-state index contributed by atoms with van der Waals surface area (Å²) in [5.41, 5.74) is -3.31. The zero-order valence-electron chi connectivity index (χ0n) is 17.2. The molecule has 4 aromatic rings. The van der Waals surface area contributed by atoms with Gasteiger partial charge < -0.3 is 10.2 Å². The molecular formula is C26H16Cl6O2. The second-order valence-electron chi connectivity index (χ2n) is 7.68. The average Bonchev–Trinajstić information content (AvgIpc) is 2.79. The molecule has 0 bridgehead atoms. The van der Waals surface area contributed by atoms with E-state index in [4.69, 9.17) is 69.6 Å². The predicted molar refractivity (Wildman–Crippen MR) is 142 cm³/mol. The van der Waals surface area contributed by atoms with Gasteiger partial charge in [-0.2, -0.15) is 0 Å². The van der Waals surface area contributed by atoms with E-state index in [9.17, 15) is 10.2 Å². The second kappa shape index (κ2) is 9.89. The Balaban J connectivity index is 2.16. The fourth-order valence-electron chi connectivity index (χ4n) is 4.07. The first-order valence-corrected chi connectivity index (χ1v) is 12.2. The lowest BCUT2D eigenvalue weighted by atomic mass is 9.66. The van der Waals surface area contributed by atoms with Crippen molar-refractivity contribution in [3.05, 3.63) is 137 Å². The summed E-state index contributed by atoms with van der Waals surface area (Å²) >= 11 is 37.8. The van der Waals surface area contributed by atoms with Crippen LogP contribution in [0.2, 0.25) is 30.1 Å². The Kier molecular flexibility index (Phi) is 7.45. The molecule has 0 saturated carbocycles. The maximum atomic E-state index is 12.7. The standard InChI is InChI=1S/C26H16Cl6O2/c27-17-5-1-15(2-6-17)25(33,21-11-9-19(29)13-23(21)31)26(34,16-3-7-18(28)8-4-16)22-12-10-20(30)14-24(22)32/h1-14,33-34H. The van der Waals surface area contributed by atoms with Gasteiger partial charge in [0.15, 0.2) is 11.2 Å². The molecular weight excluding hydrogens is 557 g/mol. The molecule has 4 rings (SSSR count). The van der Waals surface area contributed by atoms with Gasteiger partial charge in [0, 0.05) is 41.3 Å². The van der Waals surface area contributed by atoms with Crippen molar-refractivity contribution in [2.24, 2.45) is 0 Å². The summed E-state index contributed by atoms with van der Waals surface area (Å²) < 4.78 is 0. The molecule has 0 radical (unpaired) electrons. The molecule has 0 spiro atoms. The zero-order chi connectivity index (χ0) is 24.7. The average molecular weight is 573 g/mol. The molecule has 0 aliphatic carbocycles. The van der Waals surface area contributed by atoms with Crippen LogP contribution < -0.4 is 0 Å². The Morgan fingerprint density at radius 3 is 1.00 bits per heavy atom. The molecule has 0 amide bonds. The highest BCUT2D eigenvalue weighted by Gasteiger charge is 2.56. The van der Waals surface area contributed by atoms with E-state index in [0.29, 0.717) is 31.2 Å². The second-order valence-corrected chi connectivity index (χ2v) is 10.2. The van der Waals surface area contributed by atoms with Crippen molar-refractivity contribution in [2.45, 2.75) is 11.2 Å². The lowest BCUT2D eigenvalue weighted by Crippen LogP contribution is -2.51. The van der Waals surface area contributed by atoms with Crippen molar-refractivity contribution in [3.8, 4) is 0 Å². The minimum absolute atomic E-state index is 0.141. The highest BCUT2D eigenvalue weighted by Crippen LogP contribution is 2.53. The van der Waals surface area contributed by atoms with Gasteiger partial charge in [-0.1, -0.05) is 106 Å². The number of rotatable bonds is 5. The van der Waals surface area contributed by atoms with Crippen molar-refractivity contribution >= 4 is 69.6 Å². The first-order chi connectivity index (χ1) is 16.1. The van der Waals surface area contributed by atoms with E-state index < -0.39 is 11.2 Å². The van der Waals surface area contributed by atoms with Crippen LogP contribution in [0.4, 0.5) is 0 Å². The van der Waals surface area contributed by atoms with E-state index in [-0.39, 0.29) is 21.2 Å². The molecule has 0 saturated heterocycles. The lowest BCUT2D eigenvalue weighted by Gasteiger charge is -2.46. The Hall–Kier alpha value is -1.46. The Bertz CT molecular complexity index is 1240. The highest BCUT2D eigenvalue weighted by molar-refractivity contribution is 6.36. The largest absolute Gasteiger partial charge is 0.377 e. The number of aliphatic hydroxyl groups is 2. The van der Waals surface area contributed by atoms with Gasteiger partial charge in [-0.15, -0.1) is 0 Å². The van der Waals surface area contributed by atoms with Gasteiger partial charge in [-0.25, -0.2) is 0 Å². The molecule has 2 atom stereocenters. The van der Waals surface area contributed by atoms with Crippen molar-refractivity contribution < 1.29 is 10.2 Å². The third-order valence-electron chi connectivity index (χ3n) is 5.69. The maximum absolute atomic E-state index is 12.7. The van der Waals surface area contributed by atoms with E-state index in [2.05, 4.69) is 0 Å². The van der Waals surface area contributed by atoms with Crippen LogP contribution in [0.15, 0.2) is 84.9 Å². The molecule has 0 aliphatic rings. The van der Waals surface area contributed by atoms with Gasteiger partial charge in [0.25, 0.3) is 0 Å². The first kappa shape index (κ1) is 25.6. The van der Waals surface area contributed by atoms with E-state index in [1.807, 2.05) is 0 Å². The van der Waals surface area contributed by atoms with Gasteiger partial charge in [0.05, 0.1) is 0 Å². The van der Waals surface area contributed by atoms with Crippen LogP contribution in [0.1, 0.15) is 22.3 Å². The quantitative estimate of drug-likeness (QED) is 0.251. The van der Waals surface area contributed by atoms with E-state index >= 15 is 0 Å². The van der Waals surface area contributed by atoms with Crippen molar-refractivity contribution in [1.29, 1.82) is 0 Å². The summed E-state index contributed by atoms with van der Waals surface area (Å²) in [5.74, 6) is 0. The monoisotopic (exact) mass is 570 g/mol. The van der Waals surface area contributed by atoms with Crippen LogP contribution in [-0.2, 0) is 11.2 Å². The lowest BCUT2D eigenvalue weighted by molar-refractivity contribution is -0.112. The van der Waals surface area contributed by atoms with Gasteiger partial charge in [0.1, 0.15) is 0 Å². The fourth-order valence-corrected chi connectivity index (χ4v) is 5.41. The molecule has 0 aliphatic heterocycles. The number of hydrogen-bond donors (Lipinski definition) is 2. The maximum Gasteiger partial charge on any atom is 0.153 e. The van der Waals surface area contributed by atoms with Crippen molar-refractivity contribution in [2.75, 3.05) is 0 Å². The zero-order valence-corrected chi connectivity index (χ0v) is 21.8. The van der Waals surface area contributed by atoms with Gasteiger partial charge in [-0.3, -0.25) is 0 Å². The Labute approximate surface area is 227 Å². The molecule has 174 valence electrons. The minimum Gasteiger partial charge on any atom is -0.377 e. The summed E-state index contributed by atoms with van der Waals surface area (Å²) in [7, 11) is 0. The first-order valence-electron chi connectivity index (χ1n) is 9.95. The van der Waals surface area contributed by atoms with Crippen molar-refractivity contribution in [1.82, 2.24) is 0 Å². The topological polar surface area (TPSA) is 40.5 Å². The smallest absolute Gasteiger partial charge is 0.153 e. The Morgan fingerprint density at radius 2 is 0.706 bits per heavy atom. The number of halogens is 6. The van der Waals surface area contributed by atoms with E-state index in [0.717, 1.165) is 0 Å². The molecule has 2 unspecified atom stereocenters. The SMILES string of the molecule is OC(c1ccc(Cl)cc1)(c1ccc(Cl)cc1Cl)C(O)(c1ccc(Cl)cc1)c1ccc(Cl)cc1Cl. The normalized spacial score (nSPS) is 14.9. The fraction of sp³-hybridized carbons (Fsp3) is 0.0769. The van der Waals surface area contributed by atoms with Crippen LogP contribution in [0, 0.1) is 0 Å². The summed E-state index contributed by atoms with van der Waals surface area (Å²) in [6, 6.07) is 22.1.